The Labute approximate surface area is 129 Å². The van der Waals surface area contributed by atoms with Crippen LogP contribution in [0, 0.1) is 13.8 Å². The van der Waals surface area contributed by atoms with Gasteiger partial charge in [0.2, 0.25) is 0 Å². The first-order chi connectivity index (χ1) is 10.0. The van der Waals surface area contributed by atoms with Crippen LogP contribution < -0.4 is 4.74 Å². The van der Waals surface area contributed by atoms with E-state index < -0.39 is 0 Å². The van der Waals surface area contributed by atoms with Gasteiger partial charge in [-0.25, -0.2) is 0 Å². The third-order valence-corrected chi connectivity index (χ3v) is 3.83. The standard InChI is InChI=1S/C17H18ClNO2/c1-11-10-19-16(12(2)17(11)21-3)9-14(20)8-13-6-4-5-7-15(13)18/h4-7,10H,8-9H2,1-3H3. The zero-order chi connectivity index (χ0) is 15.4. The van der Waals surface area contributed by atoms with Gasteiger partial charge in [-0.05, 0) is 25.5 Å². The molecule has 4 heteroatoms. The first-order valence-electron chi connectivity index (χ1n) is 6.77. The van der Waals surface area contributed by atoms with Crippen molar-refractivity contribution in [2.24, 2.45) is 0 Å². The Kier molecular flexibility index (Phi) is 4.97. The maximum atomic E-state index is 12.2. The van der Waals surface area contributed by atoms with E-state index in [1.807, 2.05) is 32.0 Å². The lowest BCUT2D eigenvalue weighted by Crippen LogP contribution is -2.10. The molecule has 0 fully saturated rings. The van der Waals surface area contributed by atoms with Crippen LogP contribution in [0.3, 0.4) is 0 Å². The van der Waals surface area contributed by atoms with Crippen LogP contribution in [0.5, 0.6) is 5.75 Å². The normalized spacial score (nSPS) is 10.5. The summed E-state index contributed by atoms with van der Waals surface area (Å²) in [4.78, 5) is 16.6. The van der Waals surface area contributed by atoms with Gasteiger partial charge in [-0.3, -0.25) is 9.78 Å². The van der Waals surface area contributed by atoms with Gasteiger partial charge in [-0.1, -0.05) is 29.8 Å². The van der Waals surface area contributed by atoms with Crippen LogP contribution >= 0.6 is 11.6 Å². The van der Waals surface area contributed by atoms with Gasteiger partial charge in [-0.2, -0.15) is 0 Å². The number of aromatic nitrogens is 1. The molecular weight excluding hydrogens is 286 g/mol. The average molecular weight is 304 g/mol. The fourth-order valence-corrected chi connectivity index (χ4v) is 2.56. The quantitative estimate of drug-likeness (QED) is 0.845. The average Bonchev–Trinajstić information content (AvgIpc) is 2.45. The minimum Gasteiger partial charge on any atom is -0.496 e. The molecule has 0 saturated heterocycles. The van der Waals surface area contributed by atoms with Crippen molar-refractivity contribution in [2.75, 3.05) is 7.11 Å². The SMILES string of the molecule is COc1c(C)cnc(CC(=O)Cc2ccccc2Cl)c1C. The molecule has 0 radical (unpaired) electrons. The van der Waals surface area contributed by atoms with Gasteiger partial charge in [0.05, 0.1) is 12.8 Å². The maximum Gasteiger partial charge on any atom is 0.143 e. The Balaban J connectivity index is 2.15. The number of methoxy groups -OCH3 is 1. The van der Waals surface area contributed by atoms with Gasteiger partial charge in [-0.15, -0.1) is 0 Å². The van der Waals surface area contributed by atoms with Gasteiger partial charge < -0.3 is 4.74 Å². The Morgan fingerprint density at radius 2 is 1.95 bits per heavy atom. The first-order valence-corrected chi connectivity index (χ1v) is 7.15. The fourth-order valence-electron chi connectivity index (χ4n) is 2.35. The Hall–Kier alpha value is -1.87. The Morgan fingerprint density at radius 1 is 1.24 bits per heavy atom. The molecule has 110 valence electrons. The molecule has 1 aromatic carbocycles. The van der Waals surface area contributed by atoms with Crippen molar-refractivity contribution in [1.82, 2.24) is 4.98 Å². The second kappa shape index (κ2) is 6.72. The van der Waals surface area contributed by atoms with E-state index in [4.69, 9.17) is 16.3 Å². The number of nitrogens with zero attached hydrogens (tertiary/aromatic N) is 1. The van der Waals surface area contributed by atoms with Crippen LogP contribution in [0.15, 0.2) is 30.5 Å². The molecule has 0 aliphatic heterocycles. The largest absolute Gasteiger partial charge is 0.496 e. The number of ether oxygens (including phenoxy) is 1. The molecule has 1 heterocycles. The van der Waals surface area contributed by atoms with Crippen molar-refractivity contribution in [3.8, 4) is 5.75 Å². The summed E-state index contributed by atoms with van der Waals surface area (Å²) >= 11 is 6.08. The number of hydrogen-bond acceptors (Lipinski definition) is 3. The molecule has 0 atom stereocenters. The number of hydrogen-bond donors (Lipinski definition) is 0. The smallest absolute Gasteiger partial charge is 0.143 e. The molecule has 3 nitrogen and oxygen atoms in total. The molecule has 0 unspecified atom stereocenters. The van der Waals surface area contributed by atoms with Crippen molar-refractivity contribution in [3.05, 3.63) is 57.9 Å². The number of carbonyl (C=O) groups excluding carboxylic acids is 1. The fraction of sp³-hybridized carbons (Fsp3) is 0.294. The van der Waals surface area contributed by atoms with Crippen molar-refractivity contribution >= 4 is 17.4 Å². The zero-order valence-electron chi connectivity index (χ0n) is 12.4. The number of rotatable bonds is 5. The summed E-state index contributed by atoms with van der Waals surface area (Å²) in [7, 11) is 1.63. The summed E-state index contributed by atoms with van der Waals surface area (Å²) in [6.07, 6.45) is 2.34. The predicted octanol–water partition coefficient (Wildman–Crippen LogP) is 3.71. The minimum atomic E-state index is 0.0876. The monoisotopic (exact) mass is 303 g/mol. The Morgan fingerprint density at radius 3 is 2.62 bits per heavy atom. The van der Waals surface area contributed by atoms with Crippen LogP contribution in [-0.4, -0.2) is 17.9 Å². The number of carbonyl (C=O) groups is 1. The van der Waals surface area contributed by atoms with Crippen LogP contribution in [0.4, 0.5) is 0 Å². The van der Waals surface area contributed by atoms with E-state index in [-0.39, 0.29) is 12.2 Å². The lowest BCUT2D eigenvalue weighted by Gasteiger charge is -2.12. The van der Waals surface area contributed by atoms with Crippen LogP contribution in [0.1, 0.15) is 22.4 Å². The molecule has 0 spiro atoms. The van der Waals surface area contributed by atoms with Crippen molar-refractivity contribution in [2.45, 2.75) is 26.7 Å². The second-order valence-electron chi connectivity index (χ2n) is 5.03. The number of pyridine rings is 1. The highest BCUT2D eigenvalue weighted by Gasteiger charge is 2.14. The predicted molar refractivity (Wildman–Crippen MR) is 84.1 cm³/mol. The van der Waals surface area contributed by atoms with Crippen LogP contribution in [0.2, 0.25) is 5.02 Å². The van der Waals surface area contributed by atoms with E-state index in [0.717, 1.165) is 28.1 Å². The minimum absolute atomic E-state index is 0.0876. The molecule has 0 N–H and O–H groups in total. The summed E-state index contributed by atoms with van der Waals surface area (Å²) in [5, 5.41) is 0.622. The first kappa shape index (κ1) is 15.5. The van der Waals surface area contributed by atoms with E-state index >= 15 is 0 Å². The van der Waals surface area contributed by atoms with Crippen LogP contribution in [0.25, 0.3) is 0 Å². The van der Waals surface area contributed by atoms with Gasteiger partial charge in [0, 0.05) is 35.2 Å². The van der Waals surface area contributed by atoms with Crippen molar-refractivity contribution < 1.29 is 9.53 Å². The highest BCUT2D eigenvalue weighted by atomic mass is 35.5. The van der Waals surface area contributed by atoms with Gasteiger partial charge in [0.15, 0.2) is 0 Å². The molecule has 0 aliphatic rings. The molecule has 0 bridgehead atoms. The number of halogens is 1. The molecule has 0 saturated carbocycles. The Bertz CT molecular complexity index is 668. The number of benzene rings is 1. The number of ketones is 1. The van der Waals surface area contributed by atoms with Gasteiger partial charge in [0.25, 0.3) is 0 Å². The highest BCUT2D eigenvalue weighted by molar-refractivity contribution is 6.31. The van der Waals surface area contributed by atoms with E-state index in [2.05, 4.69) is 4.98 Å². The van der Waals surface area contributed by atoms with E-state index in [9.17, 15) is 4.79 Å². The van der Waals surface area contributed by atoms with Gasteiger partial charge in [0.1, 0.15) is 11.5 Å². The lowest BCUT2D eigenvalue weighted by molar-refractivity contribution is -0.117. The van der Waals surface area contributed by atoms with Crippen molar-refractivity contribution in [3.63, 3.8) is 0 Å². The molecule has 2 aromatic rings. The molecule has 1 aromatic heterocycles. The van der Waals surface area contributed by atoms with Gasteiger partial charge >= 0.3 is 0 Å². The summed E-state index contributed by atoms with van der Waals surface area (Å²) in [6.45, 7) is 3.87. The summed E-state index contributed by atoms with van der Waals surface area (Å²) in [5.41, 5.74) is 3.50. The van der Waals surface area contributed by atoms with Crippen LogP contribution in [-0.2, 0) is 17.6 Å². The highest BCUT2D eigenvalue weighted by Crippen LogP contribution is 2.24. The molecule has 21 heavy (non-hydrogen) atoms. The molecule has 2 rings (SSSR count). The lowest BCUT2D eigenvalue weighted by atomic mass is 10.0. The van der Waals surface area contributed by atoms with E-state index in [1.54, 1.807) is 19.4 Å². The molecule has 0 aliphatic carbocycles. The topological polar surface area (TPSA) is 39.2 Å². The number of aryl methyl sites for hydroxylation is 1. The van der Waals surface area contributed by atoms with E-state index in [0.29, 0.717) is 11.4 Å². The number of Topliss-reactive ketones (excluding diaryl/α,β-unsaturated/α-hetero) is 1. The zero-order valence-corrected chi connectivity index (χ0v) is 13.2. The third-order valence-electron chi connectivity index (χ3n) is 3.46. The molecule has 0 amide bonds. The second-order valence-corrected chi connectivity index (χ2v) is 5.44. The summed E-state index contributed by atoms with van der Waals surface area (Å²) in [6, 6.07) is 7.40. The van der Waals surface area contributed by atoms with E-state index in [1.165, 1.54) is 0 Å². The summed E-state index contributed by atoms with van der Waals surface area (Å²) < 4.78 is 5.36. The third kappa shape index (κ3) is 3.61. The maximum absolute atomic E-state index is 12.2. The molecular formula is C17H18ClNO2. The summed E-state index contributed by atoms with van der Waals surface area (Å²) in [5.74, 6) is 0.884. The van der Waals surface area contributed by atoms with Crippen molar-refractivity contribution in [1.29, 1.82) is 0 Å².